The standard InChI is InChI=1S/C30H62.Sn/c1-25(2)15-11-19-29(7)23-13-21-27(5)17-9-10-18-28(6)22-14-24-30(8)20-12-16-26(3)4;/h25-30H,9-24H2,1-8H3;. The molecule has 0 saturated heterocycles. The Kier molecular flexibility index (Phi) is 24.7. The van der Waals surface area contributed by atoms with E-state index in [1.807, 2.05) is 0 Å². The molecule has 0 N–H and O–H groups in total. The van der Waals surface area contributed by atoms with Crippen LogP contribution in [0.15, 0.2) is 0 Å². The van der Waals surface area contributed by atoms with Crippen molar-refractivity contribution < 1.29 is 0 Å². The van der Waals surface area contributed by atoms with Gasteiger partial charge in [0, 0.05) is 23.9 Å². The van der Waals surface area contributed by atoms with Crippen LogP contribution in [0.1, 0.15) is 158 Å². The minimum absolute atomic E-state index is 0. The first-order valence-corrected chi connectivity index (χ1v) is 14.2. The predicted molar refractivity (Wildman–Crippen MR) is 146 cm³/mol. The molecule has 4 atom stereocenters. The molecule has 0 spiro atoms. The van der Waals surface area contributed by atoms with Crippen LogP contribution in [0.2, 0.25) is 0 Å². The summed E-state index contributed by atoms with van der Waals surface area (Å²) < 4.78 is 0. The zero-order chi connectivity index (χ0) is 22.8. The molecule has 0 aromatic rings. The summed E-state index contributed by atoms with van der Waals surface area (Å²) in [6, 6.07) is 0. The van der Waals surface area contributed by atoms with Crippen LogP contribution in [0.3, 0.4) is 0 Å². The van der Waals surface area contributed by atoms with Gasteiger partial charge in [0.25, 0.3) is 0 Å². The average Bonchev–Trinajstić information content (AvgIpc) is 2.64. The van der Waals surface area contributed by atoms with Crippen molar-refractivity contribution in [1.29, 1.82) is 0 Å². The van der Waals surface area contributed by atoms with Gasteiger partial charge in [-0.2, -0.15) is 0 Å². The number of unbranched alkanes of at least 4 members (excludes halogenated alkanes) is 1. The largest absolute Gasteiger partial charge is 0.0628 e. The van der Waals surface area contributed by atoms with Crippen LogP contribution in [0, 0.1) is 35.5 Å². The van der Waals surface area contributed by atoms with Crippen LogP contribution in [-0.2, 0) is 0 Å². The smallest absolute Gasteiger partial charge is 0 e. The Morgan fingerprint density at radius 2 is 0.484 bits per heavy atom. The average molecular weight is 542 g/mol. The maximum atomic E-state index is 2.49. The summed E-state index contributed by atoms with van der Waals surface area (Å²) in [4.78, 5) is 0. The SMILES string of the molecule is CC(C)CCCC(C)CCCC(C)CCCCC(C)CCCC(C)CCCC(C)C.[Sn]. The summed E-state index contributed by atoms with van der Waals surface area (Å²) >= 11 is 0. The molecular weight excluding hydrogens is 479 g/mol. The van der Waals surface area contributed by atoms with Crippen LogP contribution < -0.4 is 0 Å². The quantitative estimate of drug-likeness (QED) is 0.100. The summed E-state index contributed by atoms with van der Waals surface area (Å²) in [5.74, 6) is 5.51. The van der Waals surface area contributed by atoms with Crippen molar-refractivity contribution in [2.75, 3.05) is 0 Å². The van der Waals surface area contributed by atoms with Gasteiger partial charge >= 0.3 is 0 Å². The Morgan fingerprint density at radius 1 is 0.290 bits per heavy atom. The molecule has 0 bridgehead atoms. The number of hydrogen-bond donors (Lipinski definition) is 0. The normalized spacial score (nSPS) is 15.7. The van der Waals surface area contributed by atoms with Crippen molar-refractivity contribution in [1.82, 2.24) is 0 Å². The van der Waals surface area contributed by atoms with E-state index in [1.54, 1.807) is 0 Å². The molecule has 0 aliphatic heterocycles. The molecule has 0 nitrogen and oxygen atoms in total. The minimum atomic E-state index is 0. The zero-order valence-corrected chi connectivity index (χ0v) is 26.1. The van der Waals surface area contributed by atoms with Crippen molar-refractivity contribution in [3.05, 3.63) is 0 Å². The molecule has 0 heterocycles. The van der Waals surface area contributed by atoms with Gasteiger partial charge in [-0.05, 0) is 35.5 Å². The van der Waals surface area contributed by atoms with Gasteiger partial charge < -0.3 is 0 Å². The van der Waals surface area contributed by atoms with Gasteiger partial charge in [-0.1, -0.05) is 158 Å². The van der Waals surface area contributed by atoms with Crippen molar-refractivity contribution in [2.45, 2.75) is 158 Å². The Morgan fingerprint density at radius 3 is 0.710 bits per heavy atom. The van der Waals surface area contributed by atoms with E-state index in [0.717, 1.165) is 35.5 Å². The molecule has 31 heavy (non-hydrogen) atoms. The van der Waals surface area contributed by atoms with Crippen molar-refractivity contribution >= 4 is 23.9 Å². The van der Waals surface area contributed by atoms with E-state index in [2.05, 4.69) is 55.4 Å². The molecule has 0 aromatic carbocycles. The molecule has 0 aromatic heterocycles. The monoisotopic (exact) mass is 542 g/mol. The van der Waals surface area contributed by atoms with Gasteiger partial charge in [0.1, 0.15) is 0 Å². The first-order chi connectivity index (χ1) is 14.2. The Hall–Kier alpha value is 0.799. The van der Waals surface area contributed by atoms with Crippen LogP contribution >= 0.6 is 0 Å². The molecule has 0 rings (SSSR count). The van der Waals surface area contributed by atoms with E-state index >= 15 is 0 Å². The van der Waals surface area contributed by atoms with Crippen LogP contribution in [0.4, 0.5) is 0 Å². The molecular formula is C30H62Sn. The molecule has 0 amide bonds. The summed E-state index contributed by atoms with van der Waals surface area (Å²) in [6.07, 6.45) is 23.2. The first kappa shape index (κ1) is 34.0. The van der Waals surface area contributed by atoms with Crippen molar-refractivity contribution in [3.8, 4) is 0 Å². The van der Waals surface area contributed by atoms with E-state index in [-0.39, 0.29) is 23.9 Å². The fourth-order valence-electron chi connectivity index (χ4n) is 4.94. The third-order valence-corrected chi connectivity index (χ3v) is 7.39. The summed E-state index contributed by atoms with van der Waals surface area (Å²) in [5.41, 5.74) is 0. The molecule has 4 radical (unpaired) electrons. The van der Waals surface area contributed by atoms with Gasteiger partial charge in [0.15, 0.2) is 0 Å². The molecule has 0 fully saturated rings. The molecule has 4 unspecified atom stereocenters. The second-order valence-electron chi connectivity index (χ2n) is 12.2. The van der Waals surface area contributed by atoms with E-state index in [9.17, 15) is 0 Å². The second-order valence-corrected chi connectivity index (χ2v) is 12.2. The number of rotatable bonds is 21. The fourth-order valence-corrected chi connectivity index (χ4v) is 4.94. The van der Waals surface area contributed by atoms with Crippen LogP contribution in [0.25, 0.3) is 0 Å². The predicted octanol–water partition coefficient (Wildman–Crippen LogP) is 10.7. The molecule has 0 saturated carbocycles. The Labute approximate surface area is 216 Å². The van der Waals surface area contributed by atoms with Crippen LogP contribution in [-0.4, -0.2) is 23.9 Å². The van der Waals surface area contributed by atoms with E-state index in [0.29, 0.717) is 0 Å². The Bertz CT molecular complexity index is 314. The minimum Gasteiger partial charge on any atom is -0.0628 e. The third-order valence-electron chi connectivity index (χ3n) is 7.39. The van der Waals surface area contributed by atoms with E-state index in [1.165, 1.54) is 103 Å². The zero-order valence-electron chi connectivity index (χ0n) is 23.3. The van der Waals surface area contributed by atoms with Gasteiger partial charge in [-0.25, -0.2) is 0 Å². The fraction of sp³-hybridized carbons (Fsp3) is 1.00. The molecule has 186 valence electrons. The van der Waals surface area contributed by atoms with E-state index < -0.39 is 0 Å². The molecule has 0 aliphatic carbocycles. The Balaban J connectivity index is 0. The molecule has 1 heteroatoms. The molecule has 0 aliphatic rings. The summed E-state index contributed by atoms with van der Waals surface area (Å²) in [5, 5.41) is 0. The number of hydrogen-bond acceptors (Lipinski definition) is 0. The van der Waals surface area contributed by atoms with Crippen molar-refractivity contribution in [2.24, 2.45) is 35.5 Å². The van der Waals surface area contributed by atoms with Crippen molar-refractivity contribution in [3.63, 3.8) is 0 Å². The van der Waals surface area contributed by atoms with Gasteiger partial charge in [-0.15, -0.1) is 0 Å². The van der Waals surface area contributed by atoms with Gasteiger partial charge in [-0.3, -0.25) is 0 Å². The van der Waals surface area contributed by atoms with Crippen LogP contribution in [0.5, 0.6) is 0 Å². The summed E-state index contributed by atoms with van der Waals surface area (Å²) in [7, 11) is 0. The maximum absolute atomic E-state index is 2.49. The summed E-state index contributed by atoms with van der Waals surface area (Å²) in [6.45, 7) is 19.3. The van der Waals surface area contributed by atoms with E-state index in [4.69, 9.17) is 0 Å². The topological polar surface area (TPSA) is 0 Å². The second kappa shape index (κ2) is 22.6. The first-order valence-electron chi connectivity index (χ1n) is 14.2. The van der Waals surface area contributed by atoms with Gasteiger partial charge in [0.2, 0.25) is 0 Å². The maximum Gasteiger partial charge on any atom is 0 e. The van der Waals surface area contributed by atoms with Gasteiger partial charge in [0.05, 0.1) is 0 Å². The third kappa shape index (κ3) is 25.3.